The van der Waals surface area contributed by atoms with Crippen LogP contribution >= 0.6 is 0 Å². The van der Waals surface area contributed by atoms with Crippen molar-refractivity contribution in [2.75, 3.05) is 25.0 Å². The minimum Gasteiger partial charge on any atom is -0.316 e. The summed E-state index contributed by atoms with van der Waals surface area (Å²) in [7, 11) is 1.52. The van der Waals surface area contributed by atoms with Crippen molar-refractivity contribution in [3.63, 3.8) is 0 Å². The molecule has 1 aliphatic heterocycles. The summed E-state index contributed by atoms with van der Waals surface area (Å²) >= 11 is 0. The summed E-state index contributed by atoms with van der Waals surface area (Å²) in [5, 5.41) is 3.14. The van der Waals surface area contributed by atoms with Crippen molar-refractivity contribution in [2.24, 2.45) is 5.92 Å². The molecule has 1 N–H and O–H groups in total. The Hall–Kier alpha value is -1.49. The number of anilines is 1. The number of halogens is 2. The number of benzene rings is 1. The second-order valence-corrected chi connectivity index (χ2v) is 4.54. The van der Waals surface area contributed by atoms with E-state index in [0.717, 1.165) is 31.5 Å². The summed E-state index contributed by atoms with van der Waals surface area (Å²) < 4.78 is 26.4. The van der Waals surface area contributed by atoms with E-state index in [4.69, 9.17) is 0 Å². The van der Waals surface area contributed by atoms with Gasteiger partial charge < -0.3 is 10.2 Å². The fourth-order valence-electron chi connectivity index (χ4n) is 2.21. The molecule has 0 radical (unpaired) electrons. The van der Waals surface area contributed by atoms with Crippen LogP contribution in [0, 0.1) is 17.6 Å². The molecule has 1 saturated heterocycles. The van der Waals surface area contributed by atoms with Crippen LogP contribution in [-0.4, -0.2) is 26.0 Å². The molecule has 5 heteroatoms. The van der Waals surface area contributed by atoms with E-state index in [1.165, 1.54) is 18.0 Å². The number of carbonyl (C=O) groups excluding carboxylic acids is 1. The van der Waals surface area contributed by atoms with E-state index in [-0.39, 0.29) is 17.5 Å². The summed E-state index contributed by atoms with van der Waals surface area (Å²) in [5.41, 5.74) is 0.118. The van der Waals surface area contributed by atoms with Crippen molar-refractivity contribution in [2.45, 2.75) is 12.8 Å². The molecule has 0 aliphatic carbocycles. The zero-order chi connectivity index (χ0) is 13.1. The maximum atomic E-state index is 13.6. The standard InChI is InChI=1S/C13H16F2N2O/c1-17(12-5-4-10(14)7-11(12)15)13(18)9-3-2-6-16-8-9/h4-5,7,9,16H,2-3,6,8H2,1H3. The highest BCUT2D eigenvalue weighted by molar-refractivity contribution is 5.94. The molecule has 0 saturated carbocycles. The molecule has 1 aromatic rings. The van der Waals surface area contributed by atoms with Gasteiger partial charge in [0.25, 0.3) is 0 Å². The Labute approximate surface area is 105 Å². The number of rotatable bonds is 2. The van der Waals surface area contributed by atoms with Gasteiger partial charge in [-0.3, -0.25) is 4.79 Å². The van der Waals surface area contributed by atoms with E-state index in [0.29, 0.717) is 6.54 Å². The average Bonchev–Trinajstić information content (AvgIpc) is 2.38. The van der Waals surface area contributed by atoms with Gasteiger partial charge in [0.2, 0.25) is 5.91 Å². The van der Waals surface area contributed by atoms with Crippen molar-refractivity contribution >= 4 is 11.6 Å². The SMILES string of the molecule is CN(C(=O)C1CCCNC1)c1ccc(F)cc1F. The molecular formula is C13H16F2N2O. The number of nitrogens with zero attached hydrogens (tertiary/aromatic N) is 1. The van der Waals surface area contributed by atoms with Crippen LogP contribution in [-0.2, 0) is 4.79 Å². The van der Waals surface area contributed by atoms with E-state index in [1.807, 2.05) is 0 Å². The number of nitrogens with one attached hydrogen (secondary N) is 1. The van der Waals surface area contributed by atoms with Crippen LogP contribution in [0.1, 0.15) is 12.8 Å². The van der Waals surface area contributed by atoms with Crippen molar-refractivity contribution < 1.29 is 13.6 Å². The van der Waals surface area contributed by atoms with Gasteiger partial charge in [0, 0.05) is 19.7 Å². The lowest BCUT2D eigenvalue weighted by atomic mass is 9.98. The first-order valence-corrected chi connectivity index (χ1v) is 6.03. The van der Waals surface area contributed by atoms with Crippen molar-refractivity contribution in [1.29, 1.82) is 0 Å². The minimum atomic E-state index is -0.713. The van der Waals surface area contributed by atoms with Crippen LogP contribution in [0.5, 0.6) is 0 Å². The molecule has 98 valence electrons. The fraction of sp³-hybridized carbons (Fsp3) is 0.462. The Balaban J connectivity index is 2.14. The normalized spacial score (nSPS) is 19.6. The Morgan fingerprint density at radius 1 is 1.44 bits per heavy atom. The molecule has 3 nitrogen and oxygen atoms in total. The zero-order valence-corrected chi connectivity index (χ0v) is 10.2. The van der Waals surface area contributed by atoms with Gasteiger partial charge in [-0.15, -0.1) is 0 Å². The third-order valence-electron chi connectivity index (χ3n) is 3.25. The zero-order valence-electron chi connectivity index (χ0n) is 10.2. The minimum absolute atomic E-state index is 0.118. The monoisotopic (exact) mass is 254 g/mol. The fourth-order valence-corrected chi connectivity index (χ4v) is 2.21. The molecular weight excluding hydrogens is 238 g/mol. The molecule has 2 rings (SSSR count). The first-order valence-electron chi connectivity index (χ1n) is 6.03. The summed E-state index contributed by atoms with van der Waals surface area (Å²) in [4.78, 5) is 13.4. The number of hydrogen-bond donors (Lipinski definition) is 1. The molecule has 1 unspecified atom stereocenters. The predicted molar refractivity (Wildman–Crippen MR) is 65.4 cm³/mol. The molecule has 1 fully saturated rings. The third-order valence-corrected chi connectivity index (χ3v) is 3.25. The molecule has 1 heterocycles. The van der Waals surface area contributed by atoms with Crippen LogP contribution in [0.4, 0.5) is 14.5 Å². The lowest BCUT2D eigenvalue weighted by molar-refractivity contribution is -0.122. The average molecular weight is 254 g/mol. The smallest absolute Gasteiger partial charge is 0.231 e. The highest BCUT2D eigenvalue weighted by Crippen LogP contribution is 2.22. The highest BCUT2D eigenvalue weighted by atomic mass is 19.1. The number of carbonyl (C=O) groups is 1. The number of piperidine rings is 1. The van der Waals surface area contributed by atoms with Crippen LogP contribution in [0.25, 0.3) is 0 Å². The molecule has 1 aromatic carbocycles. The Kier molecular flexibility index (Phi) is 3.91. The van der Waals surface area contributed by atoms with Crippen molar-refractivity contribution in [3.05, 3.63) is 29.8 Å². The lowest BCUT2D eigenvalue weighted by Gasteiger charge is -2.27. The van der Waals surface area contributed by atoms with Gasteiger partial charge in [0.05, 0.1) is 11.6 Å². The van der Waals surface area contributed by atoms with E-state index in [2.05, 4.69) is 5.32 Å². The maximum Gasteiger partial charge on any atom is 0.231 e. The van der Waals surface area contributed by atoms with Crippen LogP contribution in [0.2, 0.25) is 0 Å². The van der Waals surface area contributed by atoms with Gasteiger partial charge in [-0.05, 0) is 31.5 Å². The van der Waals surface area contributed by atoms with E-state index in [9.17, 15) is 13.6 Å². The first-order chi connectivity index (χ1) is 8.59. The van der Waals surface area contributed by atoms with Gasteiger partial charge in [0.1, 0.15) is 11.6 Å². The van der Waals surface area contributed by atoms with Gasteiger partial charge in [-0.2, -0.15) is 0 Å². The molecule has 0 aromatic heterocycles. The van der Waals surface area contributed by atoms with Gasteiger partial charge in [-0.25, -0.2) is 8.78 Å². The molecule has 0 spiro atoms. The molecule has 1 aliphatic rings. The summed E-state index contributed by atoms with van der Waals surface area (Å²) in [6.07, 6.45) is 1.75. The number of hydrogen-bond acceptors (Lipinski definition) is 2. The maximum absolute atomic E-state index is 13.6. The summed E-state index contributed by atoms with van der Waals surface area (Å²) in [6, 6.07) is 3.23. The van der Waals surface area contributed by atoms with E-state index >= 15 is 0 Å². The lowest BCUT2D eigenvalue weighted by Crippen LogP contribution is -2.41. The van der Waals surface area contributed by atoms with Crippen LogP contribution < -0.4 is 10.2 Å². The quantitative estimate of drug-likeness (QED) is 0.874. The second kappa shape index (κ2) is 5.44. The number of amides is 1. The predicted octanol–water partition coefficient (Wildman–Crippen LogP) is 1.93. The summed E-state index contributed by atoms with van der Waals surface area (Å²) in [6.45, 7) is 1.53. The van der Waals surface area contributed by atoms with Crippen LogP contribution in [0.15, 0.2) is 18.2 Å². The van der Waals surface area contributed by atoms with E-state index in [1.54, 1.807) is 0 Å². The van der Waals surface area contributed by atoms with Crippen molar-refractivity contribution in [3.8, 4) is 0 Å². The van der Waals surface area contributed by atoms with Crippen molar-refractivity contribution in [1.82, 2.24) is 5.32 Å². The molecule has 18 heavy (non-hydrogen) atoms. The Morgan fingerprint density at radius 3 is 2.83 bits per heavy atom. The Bertz CT molecular complexity index is 445. The second-order valence-electron chi connectivity index (χ2n) is 4.54. The van der Waals surface area contributed by atoms with Gasteiger partial charge >= 0.3 is 0 Å². The van der Waals surface area contributed by atoms with Gasteiger partial charge in [-0.1, -0.05) is 0 Å². The largest absolute Gasteiger partial charge is 0.316 e. The highest BCUT2D eigenvalue weighted by Gasteiger charge is 2.25. The van der Waals surface area contributed by atoms with Crippen LogP contribution in [0.3, 0.4) is 0 Å². The topological polar surface area (TPSA) is 32.3 Å². The third kappa shape index (κ3) is 2.67. The summed E-state index contributed by atoms with van der Waals surface area (Å²) in [5.74, 6) is -1.62. The Morgan fingerprint density at radius 2 is 2.22 bits per heavy atom. The molecule has 1 amide bonds. The van der Waals surface area contributed by atoms with E-state index < -0.39 is 11.6 Å². The molecule has 0 bridgehead atoms. The molecule has 1 atom stereocenters. The first kappa shape index (κ1) is 13.0. The van der Waals surface area contributed by atoms with Gasteiger partial charge in [0.15, 0.2) is 0 Å².